The molecule has 1 aliphatic carbocycles. The summed E-state index contributed by atoms with van der Waals surface area (Å²) in [5.41, 5.74) is 5.38. The number of rotatable bonds is 3. The van der Waals surface area contributed by atoms with Gasteiger partial charge >= 0.3 is 0 Å². The van der Waals surface area contributed by atoms with Crippen LogP contribution < -0.4 is 11.1 Å². The van der Waals surface area contributed by atoms with Gasteiger partial charge in [0.25, 0.3) is 0 Å². The molecule has 1 aromatic heterocycles. The molecule has 1 fully saturated rings. The van der Waals surface area contributed by atoms with E-state index in [1.165, 1.54) is 0 Å². The van der Waals surface area contributed by atoms with Crippen LogP contribution in [0.5, 0.6) is 0 Å². The lowest BCUT2D eigenvalue weighted by Crippen LogP contribution is -2.40. The number of hydrogen-bond acceptors (Lipinski definition) is 3. The first-order valence-corrected chi connectivity index (χ1v) is 5.67. The van der Waals surface area contributed by atoms with Crippen molar-refractivity contribution in [1.29, 1.82) is 0 Å². The molecule has 1 aliphatic rings. The Labute approximate surface area is 95.0 Å². The topological polar surface area (TPSA) is 72.9 Å². The number of anilines is 1. The molecule has 16 heavy (non-hydrogen) atoms. The third-order valence-electron chi connectivity index (χ3n) is 3.39. The molecule has 0 radical (unpaired) electrons. The Kier molecular flexibility index (Phi) is 2.96. The Bertz CT molecular complexity index is 379. The monoisotopic (exact) mass is 222 g/mol. The SMILES string of the molecule is Cn1ccc(NC(=O)C2(CN)CCCC2)n1. The highest BCUT2D eigenvalue weighted by Crippen LogP contribution is 2.37. The minimum absolute atomic E-state index is 0.0196. The molecule has 1 saturated carbocycles. The van der Waals surface area contributed by atoms with Crippen LogP contribution in [-0.4, -0.2) is 22.2 Å². The van der Waals surface area contributed by atoms with E-state index in [1.807, 2.05) is 7.05 Å². The maximum Gasteiger partial charge on any atom is 0.233 e. The second-order valence-electron chi connectivity index (χ2n) is 4.52. The van der Waals surface area contributed by atoms with Crippen LogP contribution in [0.3, 0.4) is 0 Å². The van der Waals surface area contributed by atoms with E-state index in [-0.39, 0.29) is 11.3 Å². The minimum atomic E-state index is -0.364. The standard InChI is InChI=1S/C11H18N4O/c1-15-7-4-9(14-15)13-10(16)11(8-12)5-2-3-6-11/h4,7H,2-3,5-6,8,12H2,1H3,(H,13,14,16). The normalized spacial score (nSPS) is 18.6. The molecule has 2 rings (SSSR count). The molecule has 0 bridgehead atoms. The van der Waals surface area contributed by atoms with Gasteiger partial charge in [0.05, 0.1) is 5.41 Å². The molecular weight excluding hydrogens is 204 g/mol. The van der Waals surface area contributed by atoms with Crippen molar-refractivity contribution in [1.82, 2.24) is 9.78 Å². The fourth-order valence-electron chi connectivity index (χ4n) is 2.31. The van der Waals surface area contributed by atoms with Crippen molar-refractivity contribution >= 4 is 11.7 Å². The number of nitrogens with one attached hydrogen (secondary N) is 1. The lowest BCUT2D eigenvalue weighted by molar-refractivity contribution is -0.124. The highest BCUT2D eigenvalue weighted by atomic mass is 16.2. The van der Waals surface area contributed by atoms with Crippen molar-refractivity contribution in [3.8, 4) is 0 Å². The van der Waals surface area contributed by atoms with Crippen LogP contribution in [0.4, 0.5) is 5.82 Å². The molecule has 0 saturated heterocycles. The second-order valence-corrected chi connectivity index (χ2v) is 4.52. The Balaban J connectivity index is 2.07. The van der Waals surface area contributed by atoms with Gasteiger partial charge in [0.1, 0.15) is 0 Å². The van der Waals surface area contributed by atoms with E-state index < -0.39 is 0 Å². The molecule has 1 heterocycles. The van der Waals surface area contributed by atoms with Gasteiger partial charge in [-0.25, -0.2) is 0 Å². The zero-order chi connectivity index (χ0) is 11.6. The summed E-state index contributed by atoms with van der Waals surface area (Å²) in [5, 5.41) is 6.98. The van der Waals surface area contributed by atoms with E-state index >= 15 is 0 Å². The summed E-state index contributed by atoms with van der Waals surface area (Å²) in [6, 6.07) is 1.79. The summed E-state index contributed by atoms with van der Waals surface area (Å²) in [6.45, 7) is 0.422. The summed E-state index contributed by atoms with van der Waals surface area (Å²) >= 11 is 0. The van der Waals surface area contributed by atoms with Gasteiger partial charge in [0.15, 0.2) is 5.82 Å². The van der Waals surface area contributed by atoms with Crippen LogP contribution in [-0.2, 0) is 11.8 Å². The summed E-state index contributed by atoms with van der Waals surface area (Å²) in [4.78, 5) is 12.1. The Morgan fingerprint density at radius 2 is 2.31 bits per heavy atom. The maximum atomic E-state index is 12.1. The molecule has 0 aromatic carbocycles. The number of nitrogens with zero attached hydrogens (tertiary/aromatic N) is 2. The Morgan fingerprint density at radius 1 is 1.62 bits per heavy atom. The van der Waals surface area contributed by atoms with Crippen LogP contribution in [0.15, 0.2) is 12.3 Å². The molecule has 0 aliphatic heterocycles. The van der Waals surface area contributed by atoms with Crippen molar-refractivity contribution in [2.24, 2.45) is 18.2 Å². The lowest BCUT2D eigenvalue weighted by Gasteiger charge is -2.24. The molecule has 1 amide bonds. The van der Waals surface area contributed by atoms with E-state index in [1.54, 1.807) is 16.9 Å². The average Bonchev–Trinajstić information content (AvgIpc) is 2.88. The first kappa shape index (κ1) is 11.1. The summed E-state index contributed by atoms with van der Waals surface area (Å²) < 4.78 is 1.67. The predicted molar refractivity (Wildman–Crippen MR) is 61.8 cm³/mol. The molecule has 88 valence electrons. The molecule has 0 spiro atoms. The van der Waals surface area contributed by atoms with Crippen LogP contribution in [0.2, 0.25) is 0 Å². The minimum Gasteiger partial charge on any atom is -0.329 e. The van der Waals surface area contributed by atoms with Crippen molar-refractivity contribution in [2.45, 2.75) is 25.7 Å². The quantitative estimate of drug-likeness (QED) is 0.797. The zero-order valence-electron chi connectivity index (χ0n) is 9.57. The highest BCUT2D eigenvalue weighted by Gasteiger charge is 2.39. The van der Waals surface area contributed by atoms with E-state index in [0.717, 1.165) is 25.7 Å². The zero-order valence-corrected chi connectivity index (χ0v) is 9.57. The molecule has 0 atom stereocenters. The van der Waals surface area contributed by atoms with Gasteiger partial charge in [-0.3, -0.25) is 9.48 Å². The summed E-state index contributed by atoms with van der Waals surface area (Å²) in [5.74, 6) is 0.624. The molecule has 5 heteroatoms. The fourth-order valence-corrected chi connectivity index (χ4v) is 2.31. The Hall–Kier alpha value is -1.36. The molecule has 3 N–H and O–H groups in total. The number of aromatic nitrogens is 2. The van der Waals surface area contributed by atoms with Gasteiger partial charge in [-0.05, 0) is 12.8 Å². The number of nitrogens with two attached hydrogens (primary N) is 1. The van der Waals surface area contributed by atoms with Gasteiger partial charge in [0.2, 0.25) is 5.91 Å². The molecular formula is C11H18N4O. The van der Waals surface area contributed by atoms with E-state index in [0.29, 0.717) is 12.4 Å². The van der Waals surface area contributed by atoms with E-state index in [2.05, 4.69) is 10.4 Å². The van der Waals surface area contributed by atoms with Crippen molar-refractivity contribution < 1.29 is 4.79 Å². The predicted octanol–water partition coefficient (Wildman–Crippen LogP) is 0.878. The third kappa shape index (κ3) is 1.95. The van der Waals surface area contributed by atoms with E-state index in [9.17, 15) is 4.79 Å². The van der Waals surface area contributed by atoms with Gasteiger partial charge in [-0.1, -0.05) is 12.8 Å². The average molecular weight is 222 g/mol. The molecule has 0 unspecified atom stereocenters. The maximum absolute atomic E-state index is 12.1. The van der Waals surface area contributed by atoms with Gasteiger partial charge in [-0.2, -0.15) is 5.10 Å². The number of carbonyl (C=O) groups is 1. The largest absolute Gasteiger partial charge is 0.329 e. The number of hydrogen-bond donors (Lipinski definition) is 2. The van der Waals surface area contributed by atoms with Crippen LogP contribution >= 0.6 is 0 Å². The van der Waals surface area contributed by atoms with Gasteiger partial charge in [-0.15, -0.1) is 0 Å². The van der Waals surface area contributed by atoms with Crippen LogP contribution in [0.1, 0.15) is 25.7 Å². The first-order chi connectivity index (χ1) is 7.66. The van der Waals surface area contributed by atoms with Crippen LogP contribution in [0.25, 0.3) is 0 Å². The molecule has 5 nitrogen and oxygen atoms in total. The smallest absolute Gasteiger partial charge is 0.233 e. The number of aryl methyl sites for hydroxylation is 1. The van der Waals surface area contributed by atoms with Gasteiger partial charge < -0.3 is 11.1 Å². The fraction of sp³-hybridized carbons (Fsp3) is 0.636. The highest BCUT2D eigenvalue weighted by molar-refractivity contribution is 5.94. The van der Waals surface area contributed by atoms with Gasteiger partial charge in [0, 0.05) is 25.9 Å². The first-order valence-electron chi connectivity index (χ1n) is 5.67. The lowest BCUT2D eigenvalue weighted by atomic mass is 9.85. The number of carbonyl (C=O) groups excluding carboxylic acids is 1. The molecule has 1 aromatic rings. The number of amides is 1. The Morgan fingerprint density at radius 3 is 2.81 bits per heavy atom. The van der Waals surface area contributed by atoms with Crippen molar-refractivity contribution in [3.63, 3.8) is 0 Å². The summed E-state index contributed by atoms with van der Waals surface area (Å²) in [7, 11) is 1.82. The van der Waals surface area contributed by atoms with Crippen molar-refractivity contribution in [2.75, 3.05) is 11.9 Å². The second kappa shape index (κ2) is 4.25. The van der Waals surface area contributed by atoms with Crippen LogP contribution in [0, 0.1) is 5.41 Å². The summed E-state index contributed by atoms with van der Waals surface area (Å²) in [6.07, 6.45) is 5.77. The van der Waals surface area contributed by atoms with E-state index in [4.69, 9.17) is 5.73 Å². The third-order valence-corrected chi connectivity index (χ3v) is 3.39. The van der Waals surface area contributed by atoms with Crippen molar-refractivity contribution in [3.05, 3.63) is 12.3 Å².